The average molecular weight is 329 g/mol. The van der Waals surface area contributed by atoms with E-state index in [1.807, 2.05) is 6.92 Å². The molecule has 0 N–H and O–H groups in total. The van der Waals surface area contributed by atoms with Gasteiger partial charge in [-0.3, -0.25) is 0 Å². The molecule has 1 unspecified atom stereocenters. The number of aromatic nitrogens is 3. The molecule has 0 aliphatic rings. The van der Waals surface area contributed by atoms with Crippen molar-refractivity contribution in [1.82, 2.24) is 15.0 Å². The van der Waals surface area contributed by atoms with Crippen molar-refractivity contribution in [3.63, 3.8) is 0 Å². The van der Waals surface area contributed by atoms with Crippen LogP contribution < -0.4 is 14.2 Å². The van der Waals surface area contributed by atoms with E-state index >= 15 is 0 Å². The normalized spacial score (nSPS) is 12.4. The van der Waals surface area contributed by atoms with E-state index in [1.165, 1.54) is 14.2 Å². The Bertz CT molecular complexity index is 501. The van der Waals surface area contributed by atoms with Crippen LogP contribution in [-0.4, -0.2) is 60.1 Å². The maximum atomic E-state index is 12.2. The van der Waals surface area contributed by atoms with Crippen molar-refractivity contribution >= 4 is 5.97 Å². The average Bonchev–Trinajstić information content (AvgIpc) is 2.52. The van der Waals surface area contributed by atoms with Gasteiger partial charge in [0.1, 0.15) is 5.60 Å². The summed E-state index contributed by atoms with van der Waals surface area (Å²) in [5, 5.41) is 0. The number of methoxy groups -OCH3 is 2. The largest absolute Gasteiger partial charge is 0.467 e. The van der Waals surface area contributed by atoms with E-state index in [0.29, 0.717) is 6.61 Å². The zero-order chi connectivity index (χ0) is 17.5. The second kappa shape index (κ2) is 8.47. The maximum absolute atomic E-state index is 12.2. The minimum Gasteiger partial charge on any atom is -0.467 e. The Morgan fingerprint density at radius 3 is 1.96 bits per heavy atom. The second-order valence-corrected chi connectivity index (χ2v) is 4.88. The van der Waals surface area contributed by atoms with Crippen molar-refractivity contribution in [3.05, 3.63) is 0 Å². The Labute approximate surface area is 135 Å². The molecule has 1 rings (SSSR count). The molecule has 0 saturated heterocycles. The second-order valence-electron chi connectivity index (χ2n) is 4.88. The van der Waals surface area contributed by atoms with Crippen LogP contribution in [0.25, 0.3) is 0 Å². The molecule has 1 aromatic heterocycles. The Balaban J connectivity index is 3.12. The number of hydrogen-bond donors (Lipinski definition) is 0. The third-order valence-electron chi connectivity index (χ3n) is 2.81. The smallest absolute Gasteiger partial charge is 0.350 e. The van der Waals surface area contributed by atoms with Gasteiger partial charge in [-0.1, -0.05) is 0 Å². The fourth-order valence-electron chi connectivity index (χ4n) is 1.80. The number of carbonyl (C=O) groups excluding carboxylic acids is 1. The molecule has 0 aliphatic heterocycles. The summed E-state index contributed by atoms with van der Waals surface area (Å²) in [4.78, 5) is 24.0. The standard InChI is InChI=1S/C14H23N3O6/c1-7-21-10(18)9(14(3,4)22-8-2)23-13-16-11(19-5)15-12(17-13)20-6/h9H,7-8H2,1-6H3. The molecule has 0 spiro atoms. The van der Waals surface area contributed by atoms with Crippen LogP contribution in [0.3, 0.4) is 0 Å². The number of esters is 1. The first-order valence-corrected chi connectivity index (χ1v) is 7.19. The molecule has 0 aliphatic carbocycles. The Kier molecular flexibility index (Phi) is 6.95. The molecular formula is C14H23N3O6. The summed E-state index contributed by atoms with van der Waals surface area (Å²) in [6.45, 7) is 7.57. The van der Waals surface area contributed by atoms with Crippen molar-refractivity contribution in [1.29, 1.82) is 0 Å². The number of carbonyl (C=O) groups is 1. The van der Waals surface area contributed by atoms with Gasteiger partial charge in [0.2, 0.25) is 6.10 Å². The first-order chi connectivity index (χ1) is 10.9. The molecule has 1 aromatic rings. The zero-order valence-corrected chi connectivity index (χ0v) is 14.3. The number of rotatable bonds is 9. The summed E-state index contributed by atoms with van der Waals surface area (Å²) in [7, 11) is 2.79. The van der Waals surface area contributed by atoms with E-state index < -0.39 is 17.7 Å². The summed E-state index contributed by atoms with van der Waals surface area (Å²) in [6.07, 6.45) is -1.07. The van der Waals surface area contributed by atoms with Gasteiger partial charge in [-0.05, 0) is 27.7 Å². The van der Waals surface area contributed by atoms with Gasteiger partial charge in [-0.2, -0.15) is 0 Å². The Morgan fingerprint density at radius 2 is 1.52 bits per heavy atom. The van der Waals surface area contributed by atoms with Crippen molar-refractivity contribution in [3.8, 4) is 18.0 Å². The summed E-state index contributed by atoms with van der Waals surface area (Å²) in [5.74, 6) is -0.579. The van der Waals surface area contributed by atoms with Gasteiger partial charge in [-0.15, -0.1) is 15.0 Å². The first kappa shape index (κ1) is 18.9. The Hall–Kier alpha value is -2.16. The van der Waals surface area contributed by atoms with Crippen LogP contribution in [-0.2, 0) is 14.3 Å². The number of hydrogen-bond acceptors (Lipinski definition) is 9. The lowest BCUT2D eigenvalue weighted by atomic mass is 10.0. The maximum Gasteiger partial charge on any atom is 0.350 e. The molecule has 9 nitrogen and oxygen atoms in total. The van der Waals surface area contributed by atoms with E-state index in [0.717, 1.165) is 0 Å². The lowest BCUT2D eigenvalue weighted by Crippen LogP contribution is -2.49. The monoisotopic (exact) mass is 329 g/mol. The van der Waals surface area contributed by atoms with Gasteiger partial charge < -0.3 is 23.7 Å². The Morgan fingerprint density at radius 1 is 1.00 bits per heavy atom. The molecule has 23 heavy (non-hydrogen) atoms. The summed E-state index contributed by atoms with van der Waals surface area (Å²) in [6, 6.07) is -0.119. The minimum absolute atomic E-state index is 0.00340. The van der Waals surface area contributed by atoms with Crippen LogP contribution in [0.5, 0.6) is 18.0 Å². The fourth-order valence-corrected chi connectivity index (χ4v) is 1.80. The highest BCUT2D eigenvalue weighted by molar-refractivity contribution is 5.76. The van der Waals surface area contributed by atoms with Crippen molar-refractivity contribution < 1.29 is 28.5 Å². The van der Waals surface area contributed by atoms with Crippen LogP contribution in [0, 0.1) is 0 Å². The molecule has 1 atom stereocenters. The third kappa shape index (κ3) is 5.20. The summed E-state index contributed by atoms with van der Waals surface area (Å²) < 4.78 is 26.1. The van der Waals surface area contributed by atoms with Gasteiger partial charge in [0.15, 0.2) is 0 Å². The highest BCUT2D eigenvalue weighted by Crippen LogP contribution is 2.23. The highest BCUT2D eigenvalue weighted by Gasteiger charge is 2.40. The lowest BCUT2D eigenvalue weighted by molar-refractivity contribution is -0.168. The molecule has 0 bridgehead atoms. The van der Waals surface area contributed by atoms with Crippen LogP contribution in [0.2, 0.25) is 0 Å². The quantitative estimate of drug-likeness (QED) is 0.614. The van der Waals surface area contributed by atoms with Crippen molar-refractivity contribution in [2.24, 2.45) is 0 Å². The molecule has 0 fully saturated rings. The topological polar surface area (TPSA) is 102 Å². The fraction of sp³-hybridized carbons (Fsp3) is 0.714. The molecule has 0 aromatic carbocycles. The molecule has 0 saturated carbocycles. The van der Waals surface area contributed by atoms with Crippen molar-refractivity contribution in [2.75, 3.05) is 27.4 Å². The van der Waals surface area contributed by atoms with E-state index in [4.69, 9.17) is 23.7 Å². The van der Waals surface area contributed by atoms with Crippen LogP contribution in [0.15, 0.2) is 0 Å². The van der Waals surface area contributed by atoms with Crippen LogP contribution in [0.4, 0.5) is 0 Å². The predicted octanol–water partition coefficient (Wildman–Crippen LogP) is 1.01. The number of nitrogens with zero attached hydrogens (tertiary/aromatic N) is 3. The van der Waals surface area contributed by atoms with Crippen molar-refractivity contribution in [2.45, 2.75) is 39.4 Å². The molecule has 130 valence electrons. The molecule has 1 heterocycles. The number of ether oxygens (including phenoxy) is 5. The van der Waals surface area contributed by atoms with Gasteiger partial charge >= 0.3 is 24.0 Å². The summed E-state index contributed by atoms with van der Waals surface area (Å²) >= 11 is 0. The SMILES string of the molecule is CCOC(=O)C(Oc1nc(OC)nc(OC)n1)C(C)(C)OCC. The molecule has 9 heteroatoms. The molecule has 0 amide bonds. The zero-order valence-electron chi connectivity index (χ0n) is 14.3. The van der Waals surface area contributed by atoms with E-state index in [1.54, 1.807) is 20.8 Å². The van der Waals surface area contributed by atoms with Crippen LogP contribution >= 0.6 is 0 Å². The lowest BCUT2D eigenvalue weighted by Gasteiger charge is -2.31. The van der Waals surface area contributed by atoms with Gasteiger partial charge in [0.05, 0.1) is 20.8 Å². The summed E-state index contributed by atoms with van der Waals surface area (Å²) in [5.41, 5.74) is -0.950. The molecular weight excluding hydrogens is 306 g/mol. The predicted molar refractivity (Wildman–Crippen MR) is 79.7 cm³/mol. The third-order valence-corrected chi connectivity index (χ3v) is 2.81. The minimum atomic E-state index is -1.07. The van der Waals surface area contributed by atoms with Crippen LogP contribution in [0.1, 0.15) is 27.7 Å². The highest BCUT2D eigenvalue weighted by atomic mass is 16.6. The van der Waals surface area contributed by atoms with E-state index in [-0.39, 0.29) is 24.6 Å². The first-order valence-electron chi connectivity index (χ1n) is 7.19. The van der Waals surface area contributed by atoms with E-state index in [9.17, 15) is 4.79 Å². The molecule has 0 radical (unpaired) electrons. The van der Waals surface area contributed by atoms with Gasteiger partial charge in [0, 0.05) is 6.61 Å². The van der Waals surface area contributed by atoms with E-state index in [2.05, 4.69) is 15.0 Å². The van der Waals surface area contributed by atoms with Gasteiger partial charge in [-0.25, -0.2) is 4.79 Å². The van der Waals surface area contributed by atoms with Gasteiger partial charge in [0.25, 0.3) is 0 Å².